The van der Waals surface area contributed by atoms with E-state index in [0.29, 0.717) is 23.9 Å². The minimum atomic E-state index is 0.470. The zero-order valence-electron chi connectivity index (χ0n) is 10.9. The van der Waals surface area contributed by atoms with Crippen molar-refractivity contribution in [2.75, 3.05) is 0 Å². The van der Waals surface area contributed by atoms with E-state index in [1.54, 1.807) is 0 Å². The number of aromatic nitrogens is 1. The normalized spacial score (nSPS) is 10.9. The third-order valence-corrected chi connectivity index (χ3v) is 3.60. The van der Waals surface area contributed by atoms with Gasteiger partial charge < -0.3 is 15.5 Å². The molecule has 0 aliphatic carbocycles. The molecule has 4 heteroatoms. The van der Waals surface area contributed by atoms with Gasteiger partial charge in [-0.3, -0.25) is 0 Å². The van der Waals surface area contributed by atoms with Crippen molar-refractivity contribution in [3.05, 3.63) is 64.8 Å². The zero-order chi connectivity index (χ0) is 13.9. The largest absolute Gasteiger partial charge is 0.487 e. The highest BCUT2D eigenvalue weighted by Gasteiger charge is 2.06. The molecule has 0 bridgehead atoms. The Balaban J connectivity index is 1.86. The van der Waals surface area contributed by atoms with Gasteiger partial charge in [0.2, 0.25) is 0 Å². The summed E-state index contributed by atoms with van der Waals surface area (Å²) >= 11 is 6.08. The number of nitrogens with two attached hydrogens (primary N) is 1. The Labute approximate surface area is 122 Å². The highest BCUT2D eigenvalue weighted by atomic mass is 35.5. The fourth-order valence-electron chi connectivity index (χ4n) is 2.19. The van der Waals surface area contributed by atoms with Gasteiger partial charge in [0.15, 0.2) is 0 Å². The van der Waals surface area contributed by atoms with E-state index < -0.39 is 0 Å². The van der Waals surface area contributed by atoms with Crippen LogP contribution in [0.15, 0.2) is 48.7 Å². The SMILES string of the molecule is NCc1ccc2[nH]cc(COc3ccccc3Cl)c2c1. The first-order chi connectivity index (χ1) is 9.78. The summed E-state index contributed by atoms with van der Waals surface area (Å²) in [7, 11) is 0. The Morgan fingerprint density at radius 1 is 1.15 bits per heavy atom. The third-order valence-electron chi connectivity index (χ3n) is 3.29. The molecule has 20 heavy (non-hydrogen) atoms. The molecule has 0 radical (unpaired) electrons. The van der Waals surface area contributed by atoms with E-state index >= 15 is 0 Å². The molecule has 3 N–H and O–H groups in total. The van der Waals surface area contributed by atoms with Crippen LogP contribution in [0.4, 0.5) is 0 Å². The van der Waals surface area contributed by atoms with Gasteiger partial charge in [-0.2, -0.15) is 0 Å². The van der Waals surface area contributed by atoms with Gasteiger partial charge in [0.05, 0.1) is 5.02 Å². The Bertz CT molecular complexity index is 736. The molecule has 2 aromatic carbocycles. The topological polar surface area (TPSA) is 51.0 Å². The van der Waals surface area contributed by atoms with Crippen molar-refractivity contribution in [2.45, 2.75) is 13.2 Å². The van der Waals surface area contributed by atoms with Crippen LogP contribution in [0.3, 0.4) is 0 Å². The van der Waals surface area contributed by atoms with Gasteiger partial charge in [-0.15, -0.1) is 0 Å². The molecule has 1 aromatic heterocycles. The predicted octanol–water partition coefficient (Wildman–Crippen LogP) is 3.86. The molecule has 0 saturated heterocycles. The Morgan fingerprint density at radius 3 is 2.80 bits per heavy atom. The first kappa shape index (κ1) is 13.0. The number of ether oxygens (including phenoxy) is 1. The molecule has 0 atom stereocenters. The summed E-state index contributed by atoms with van der Waals surface area (Å²) in [4.78, 5) is 3.24. The lowest BCUT2D eigenvalue weighted by Gasteiger charge is -2.07. The quantitative estimate of drug-likeness (QED) is 0.765. The maximum absolute atomic E-state index is 6.08. The van der Waals surface area contributed by atoms with Gasteiger partial charge in [0.1, 0.15) is 12.4 Å². The Morgan fingerprint density at radius 2 is 2.00 bits per heavy atom. The van der Waals surface area contributed by atoms with Crippen molar-refractivity contribution >= 4 is 22.5 Å². The van der Waals surface area contributed by atoms with Gasteiger partial charge in [-0.1, -0.05) is 29.8 Å². The van der Waals surface area contributed by atoms with Crippen molar-refractivity contribution in [1.29, 1.82) is 0 Å². The Hall–Kier alpha value is -1.97. The molecule has 3 aromatic rings. The number of aromatic amines is 1. The van der Waals surface area contributed by atoms with Crippen LogP contribution in [0.25, 0.3) is 10.9 Å². The summed E-state index contributed by atoms with van der Waals surface area (Å²) in [5.74, 6) is 0.693. The van der Waals surface area contributed by atoms with Gasteiger partial charge in [0, 0.05) is 29.2 Å². The number of benzene rings is 2. The summed E-state index contributed by atoms with van der Waals surface area (Å²) in [6.07, 6.45) is 1.96. The Kier molecular flexibility index (Phi) is 3.63. The number of hydrogen-bond acceptors (Lipinski definition) is 2. The molecule has 0 aliphatic heterocycles. The lowest BCUT2D eigenvalue weighted by Crippen LogP contribution is -1.97. The second-order valence-electron chi connectivity index (χ2n) is 4.62. The van der Waals surface area contributed by atoms with Crippen LogP contribution in [0, 0.1) is 0 Å². The predicted molar refractivity (Wildman–Crippen MR) is 82.0 cm³/mol. The maximum atomic E-state index is 6.08. The van der Waals surface area contributed by atoms with Gasteiger partial charge in [-0.25, -0.2) is 0 Å². The maximum Gasteiger partial charge on any atom is 0.138 e. The van der Waals surface area contributed by atoms with Crippen LogP contribution in [0.5, 0.6) is 5.75 Å². The zero-order valence-corrected chi connectivity index (χ0v) is 11.7. The minimum absolute atomic E-state index is 0.470. The van der Waals surface area contributed by atoms with Gasteiger partial charge in [0.25, 0.3) is 0 Å². The number of halogens is 1. The van der Waals surface area contributed by atoms with Crippen molar-refractivity contribution in [1.82, 2.24) is 4.98 Å². The van der Waals surface area contributed by atoms with Crippen LogP contribution in [0.2, 0.25) is 5.02 Å². The molecular weight excluding hydrogens is 272 g/mol. The van der Waals surface area contributed by atoms with Crippen LogP contribution < -0.4 is 10.5 Å². The van der Waals surface area contributed by atoms with Crippen LogP contribution in [-0.2, 0) is 13.2 Å². The molecule has 102 valence electrons. The average molecular weight is 287 g/mol. The highest BCUT2D eigenvalue weighted by molar-refractivity contribution is 6.32. The first-order valence-electron chi connectivity index (χ1n) is 6.44. The lowest BCUT2D eigenvalue weighted by atomic mass is 10.1. The van der Waals surface area contributed by atoms with E-state index in [1.807, 2.05) is 42.6 Å². The second-order valence-corrected chi connectivity index (χ2v) is 5.02. The van der Waals surface area contributed by atoms with Gasteiger partial charge >= 0.3 is 0 Å². The second kappa shape index (κ2) is 5.57. The molecule has 0 unspecified atom stereocenters. The highest BCUT2D eigenvalue weighted by Crippen LogP contribution is 2.26. The number of nitrogens with one attached hydrogen (secondary N) is 1. The molecule has 0 saturated carbocycles. The van der Waals surface area contributed by atoms with Crippen molar-refractivity contribution in [3.63, 3.8) is 0 Å². The summed E-state index contributed by atoms with van der Waals surface area (Å²) < 4.78 is 5.78. The lowest BCUT2D eigenvalue weighted by molar-refractivity contribution is 0.308. The fraction of sp³-hybridized carbons (Fsp3) is 0.125. The van der Waals surface area contributed by atoms with E-state index in [9.17, 15) is 0 Å². The monoisotopic (exact) mass is 286 g/mol. The fourth-order valence-corrected chi connectivity index (χ4v) is 2.38. The minimum Gasteiger partial charge on any atom is -0.487 e. The molecule has 0 aliphatic rings. The summed E-state index contributed by atoms with van der Waals surface area (Å²) in [6.45, 7) is 1.00. The third kappa shape index (κ3) is 2.50. The number of para-hydroxylation sites is 1. The van der Waals surface area contributed by atoms with E-state index in [2.05, 4.69) is 11.1 Å². The summed E-state index contributed by atoms with van der Waals surface area (Å²) in [5, 5.41) is 1.76. The number of hydrogen-bond donors (Lipinski definition) is 2. The van der Waals surface area contributed by atoms with Crippen molar-refractivity contribution in [2.24, 2.45) is 5.73 Å². The number of H-pyrrole nitrogens is 1. The smallest absolute Gasteiger partial charge is 0.138 e. The molecule has 3 nitrogen and oxygen atoms in total. The standard InChI is InChI=1S/C16H15ClN2O/c17-14-3-1-2-4-16(14)20-10-12-9-19-15-6-5-11(8-18)7-13(12)15/h1-7,9,19H,8,10,18H2. The number of fused-ring (bicyclic) bond motifs is 1. The summed E-state index contributed by atoms with van der Waals surface area (Å²) in [5.41, 5.74) is 8.97. The average Bonchev–Trinajstić information content (AvgIpc) is 2.88. The van der Waals surface area contributed by atoms with Gasteiger partial charge in [-0.05, 0) is 29.8 Å². The number of rotatable bonds is 4. The van der Waals surface area contributed by atoms with Crippen LogP contribution >= 0.6 is 11.6 Å². The molecule has 1 heterocycles. The van der Waals surface area contributed by atoms with E-state index in [4.69, 9.17) is 22.1 Å². The molecule has 0 amide bonds. The van der Waals surface area contributed by atoms with Crippen molar-refractivity contribution in [3.8, 4) is 5.75 Å². The van der Waals surface area contributed by atoms with Crippen LogP contribution in [-0.4, -0.2) is 4.98 Å². The molecule has 0 fully saturated rings. The molecule has 0 spiro atoms. The first-order valence-corrected chi connectivity index (χ1v) is 6.82. The van der Waals surface area contributed by atoms with Crippen LogP contribution in [0.1, 0.15) is 11.1 Å². The van der Waals surface area contributed by atoms with E-state index in [-0.39, 0.29) is 0 Å². The van der Waals surface area contributed by atoms with E-state index in [1.165, 1.54) is 0 Å². The molecular formula is C16H15ClN2O. The van der Waals surface area contributed by atoms with E-state index in [0.717, 1.165) is 22.0 Å². The van der Waals surface area contributed by atoms with Crippen molar-refractivity contribution < 1.29 is 4.74 Å². The molecule has 3 rings (SSSR count). The summed E-state index contributed by atoms with van der Waals surface area (Å²) in [6, 6.07) is 13.6.